The average Bonchev–Trinajstić information content (AvgIpc) is 2.35. The molecule has 0 heterocycles. The number of rotatable bonds is 2. The molecule has 3 heteroatoms. The second-order valence-corrected chi connectivity index (χ2v) is 7.84. The highest BCUT2D eigenvalue weighted by Crippen LogP contribution is 2.46. The van der Waals surface area contributed by atoms with Crippen molar-refractivity contribution in [3.05, 3.63) is 11.6 Å². The Morgan fingerprint density at radius 1 is 1.42 bits per heavy atom. The number of carbonyl (C=O) groups is 1. The normalized spacial score (nSPS) is 42.7. The maximum atomic E-state index is 12.6. The number of ketones is 1. The Kier molecular flexibility index (Phi) is 4.88. The van der Waals surface area contributed by atoms with Crippen molar-refractivity contribution in [3.8, 4) is 0 Å². The standard InChI is InChI=1S/C16H25BrO2/c1-9(2)4-6-12-10(3)15(18)14-8-11(17)5-7-13(14)16(12)19/h4,10-14,16,19H,5-8H2,1-3H3. The molecular formula is C16H25BrO2. The minimum absolute atomic E-state index is 0.00958. The molecule has 1 N–H and O–H groups in total. The Bertz CT molecular complexity index is 373. The fourth-order valence-corrected chi connectivity index (χ4v) is 4.42. The zero-order valence-electron chi connectivity index (χ0n) is 12.1. The van der Waals surface area contributed by atoms with Crippen LogP contribution in [0.2, 0.25) is 0 Å². The van der Waals surface area contributed by atoms with Gasteiger partial charge in [0.2, 0.25) is 0 Å². The SMILES string of the molecule is CC(C)=CCC1C(C)C(=O)C2CC(Br)CCC2C1O. The Labute approximate surface area is 124 Å². The van der Waals surface area contributed by atoms with Gasteiger partial charge in [0.25, 0.3) is 0 Å². The minimum atomic E-state index is -0.312. The van der Waals surface area contributed by atoms with Gasteiger partial charge in [0.05, 0.1) is 6.10 Å². The van der Waals surface area contributed by atoms with E-state index >= 15 is 0 Å². The molecule has 108 valence electrons. The maximum Gasteiger partial charge on any atom is 0.139 e. The molecule has 2 rings (SSSR count). The molecule has 0 aromatic carbocycles. The first kappa shape index (κ1) is 15.2. The largest absolute Gasteiger partial charge is 0.392 e. The van der Waals surface area contributed by atoms with Crippen LogP contribution in [0.1, 0.15) is 46.5 Å². The molecule has 0 aromatic heterocycles. The molecule has 0 spiro atoms. The third-order valence-corrected chi connectivity index (χ3v) is 5.80. The number of hydrogen-bond acceptors (Lipinski definition) is 2. The van der Waals surface area contributed by atoms with Crippen molar-refractivity contribution < 1.29 is 9.90 Å². The van der Waals surface area contributed by atoms with E-state index in [9.17, 15) is 9.90 Å². The number of hydrogen-bond donors (Lipinski definition) is 1. The van der Waals surface area contributed by atoms with Gasteiger partial charge in [0, 0.05) is 16.7 Å². The lowest BCUT2D eigenvalue weighted by molar-refractivity contribution is -0.144. The summed E-state index contributed by atoms with van der Waals surface area (Å²) in [7, 11) is 0. The van der Waals surface area contributed by atoms with Crippen molar-refractivity contribution >= 4 is 21.7 Å². The molecule has 2 fully saturated rings. The van der Waals surface area contributed by atoms with Crippen LogP contribution in [-0.4, -0.2) is 21.8 Å². The Morgan fingerprint density at radius 2 is 2.11 bits per heavy atom. The second-order valence-electron chi connectivity index (χ2n) is 6.54. The summed E-state index contributed by atoms with van der Waals surface area (Å²) in [6.45, 7) is 6.14. The van der Waals surface area contributed by atoms with Crippen LogP contribution >= 0.6 is 15.9 Å². The lowest BCUT2D eigenvalue weighted by atomic mass is 9.60. The average molecular weight is 329 g/mol. The van der Waals surface area contributed by atoms with Gasteiger partial charge in [-0.15, -0.1) is 0 Å². The van der Waals surface area contributed by atoms with Gasteiger partial charge in [-0.25, -0.2) is 0 Å². The van der Waals surface area contributed by atoms with Crippen LogP contribution in [0.15, 0.2) is 11.6 Å². The van der Waals surface area contributed by atoms with Gasteiger partial charge in [-0.1, -0.05) is 34.5 Å². The van der Waals surface area contributed by atoms with Crippen LogP contribution in [0.3, 0.4) is 0 Å². The number of alkyl halides is 1. The predicted molar refractivity (Wildman–Crippen MR) is 81.3 cm³/mol. The summed E-state index contributed by atoms with van der Waals surface area (Å²) in [6, 6.07) is 0. The second kappa shape index (κ2) is 6.09. The van der Waals surface area contributed by atoms with Crippen molar-refractivity contribution in [1.82, 2.24) is 0 Å². The first-order chi connectivity index (χ1) is 8.91. The number of allylic oxidation sites excluding steroid dienone is 2. The number of fused-ring (bicyclic) bond motifs is 1. The lowest BCUT2D eigenvalue weighted by Gasteiger charge is -2.46. The van der Waals surface area contributed by atoms with Gasteiger partial charge in [0.15, 0.2) is 0 Å². The summed E-state index contributed by atoms with van der Waals surface area (Å²) >= 11 is 3.64. The molecular weight excluding hydrogens is 304 g/mol. The summed E-state index contributed by atoms with van der Waals surface area (Å²) in [5, 5.41) is 10.7. The quantitative estimate of drug-likeness (QED) is 0.619. The van der Waals surface area contributed by atoms with Crippen molar-refractivity contribution in [2.24, 2.45) is 23.7 Å². The van der Waals surface area contributed by atoms with Crippen LogP contribution in [0.4, 0.5) is 0 Å². The van der Waals surface area contributed by atoms with Crippen LogP contribution in [0.25, 0.3) is 0 Å². The van der Waals surface area contributed by atoms with E-state index < -0.39 is 0 Å². The van der Waals surface area contributed by atoms with Crippen molar-refractivity contribution in [2.45, 2.75) is 57.4 Å². The monoisotopic (exact) mass is 328 g/mol. The van der Waals surface area contributed by atoms with Crippen molar-refractivity contribution in [1.29, 1.82) is 0 Å². The van der Waals surface area contributed by atoms with Gasteiger partial charge < -0.3 is 5.11 Å². The maximum absolute atomic E-state index is 12.6. The zero-order valence-corrected chi connectivity index (χ0v) is 13.7. The van der Waals surface area contributed by atoms with E-state index in [4.69, 9.17) is 0 Å². The minimum Gasteiger partial charge on any atom is -0.392 e. The van der Waals surface area contributed by atoms with Crippen LogP contribution in [0, 0.1) is 23.7 Å². The molecule has 0 aromatic rings. The molecule has 2 aliphatic carbocycles. The highest BCUT2D eigenvalue weighted by atomic mass is 79.9. The molecule has 2 nitrogen and oxygen atoms in total. The topological polar surface area (TPSA) is 37.3 Å². The fourth-order valence-electron chi connectivity index (χ4n) is 3.76. The van der Waals surface area contributed by atoms with E-state index in [1.807, 2.05) is 6.92 Å². The molecule has 0 amide bonds. The van der Waals surface area contributed by atoms with E-state index in [-0.39, 0.29) is 29.8 Å². The van der Waals surface area contributed by atoms with E-state index in [0.29, 0.717) is 10.6 Å². The number of Topliss-reactive ketones (excluding diaryl/α,β-unsaturated/α-hetero) is 1. The summed E-state index contributed by atoms with van der Waals surface area (Å²) in [4.78, 5) is 13.0. The van der Waals surface area contributed by atoms with Crippen LogP contribution in [0.5, 0.6) is 0 Å². The molecule has 0 aliphatic heterocycles. The van der Waals surface area contributed by atoms with Crippen LogP contribution < -0.4 is 0 Å². The van der Waals surface area contributed by atoms with E-state index in [2.05, 4.69) is 35.9 Å². The van der Waals surface area contributed by atoms with Gasteiger partial charge in [0.1, 0.15) is 5.78 Å². The van der Waals surface area contributed by atoms with Gasteiger partial charge in [-0.3, -0.25) is 4.79 Å². The highest BCUT2D eigenvalue weighted by Gasteiger charge is 2.48. The molecule has 0 radical (unpaired) electrons. The first-order valence-corrected chi connectivity index (χ1v) is 8.32. The molecule has 0 saturated heterocycles. The summed E-state index contributed by atoms with van der Waals surface area (Å²) in [6.07, 6.45) is 5.64. The number of carbonyl (C=O) groups excluding carboxylic acids is 1. The Hall–Kier alpha value is -0.150. The van der Waals surface area contributed by atoms with Crippen molar-refractivity contribution in [2.75, 3.05) is 0 Å². The van der Waals surface area contributed by atoms with E-state index in [1.54, 1.807) is 0 Å². The third-order valence-electron chi connectivity index (χ3n) is 4.97. The number of aliphatic hydroxyl groups is 1. The Morgan fingerprint density at radius 3 is 2.74 bits per heavy atom. The van der Waals surface area contributed by atoms with Crippen LogP contribution in [-0.2, 0) is 4.79 Å². The smallest absolute Gasteiger partial charge is 0.139 e. The number of halogens is 1. The van der Waals surface area contributed by atoms with E-state index in [1.165, 1.54) is 5.57 Å². The number of aliphatic hydroxyl groups excluding tert-OH is 1. The molecule has 6 atom stereocenters. The Balaban J connectivity index is 2.16. The highest BCUT2D eigenvalue weighted by molar-refractivity contribution is 9.09. The third kappa shape index (κ3) is 3.13. The summed E-state index contributed by atoms with van der Waals surface area (Å²) in [5.74, 6) is 0.742. The van der Waals surface area contributed by atoms with Gasteiger partial charge in [-0.05, 0) is 51.4 Å². The fraction of sp³-hybridized carbons (Fsp3) is 0.812. The summed E-state index contributed by atoms with van der Waals surface area (Å²) in [5.41, 5.74) is 1.26. The molecule has 6 unspecified atom stereocenters. The summed E-state index contributed by atoms with van der Waals surface area (Å²) < 4.78 is 0. The molecule has 0 bridgehead atoms. The van der Waals surface area contributed by atoms with Gasteiger partial charge >= 0.3 is 0 Å². The van der Waals surface area contributed by atoms with Crippen molar-refractivity contribution in [3.63, 3.8) is 0 Å². The predicted octanol–water partition coefficient (Wildman–Crippen LogP) is 3.72. The molecule has 19 heavy (non-hydrogen) atoms. The lowest BCUT2D eigenvalue weighted by Crippen LogP contribution is -2.51. The molecule has 2 saturated carbocycles. The zero-order chi connectivity index (χ0) is 14.2. The first-order valence-electron chi connectivity index (χ1n) is 7.41. The van der Waals surface area contributed by atoms with Gasteiger partial charge in [-0.2, -0.15) is 0 Å². The molecule has 2 aliphatic rings. The van der Waals surface area contributed by atoms with E-state index in [0.717, 1.165) is 25.7 Å².